The Balaban J connectivity index is 3.80. The molecule has 0 rings (SSSR count). The first-order valence-electron chi connectivity index (χ1n) is 5.42. The average molecular weight is 230 g/mol. The Morgan fingerprint density at radius 2 is 2.06 bits per heavy atom. The van der Waals surface area contributed by atoms with Crippen LogP contribution in [0.25, 0.3) is 0 Å². The van der Waals surface area contributed by atoms with E-state index in [1.165, 1.54) is 0 Å². The smallest absolute Gasteiger partial charge is 0.234 e. The van der Waals surface area contributed by atoms with Crippen molar-refractivity contribution in [3.8, 4) is 0 Å². The van der Waals surface area contributed by atoms with E-state index in [1.807, 2.05) is 18.9 Å². The van der Waals surface area contributed by atoms with Gasteiger partial charge in [-0.25, -0.2) is 0 Å². The summed E-state index contributed by atoms with van der Waals surface area (Å²) in [6.45, 7) is 4.83. The Kier molecular flexibility index (Phi) is 7.76. The Bertz CT molecular complexity index is 231. The molecule has 0 aromatic rings. The Morgan fingerprint density at radius 1 is 1.44 bits per heavy atom. The molecule has 0 aromatic carbocycles. The van der Waals surface area contributed by atoms with Crippen molar-refractivity contribution in [2.75, 3.05) is 33.9 Å². The summed E-state index contributed by atoms with van der Waals surface area (Å²) in [6.07, 6.45) is 0.474. The summed E-state index contributed by atoms with van der Waals surface area (Å²) in [4.78, 5) is 24.2. The summed E-state index contributed by atoms with van der Waals surface area (Å²) in [5.41, 5.74) is 0. The molecule has 0 radical (unpaired) electrons. The lowest BCUT2D eigenvalue weighted by Gasteiger charge is -2.23. The predicted octanol–water partition coefficient (Wildman–Crippen LogP) is 0.0484. The Labute approximate surface area is 97.1 Å². The number of methoxy groups -OCH3 is 1. The monoisotopic (exact) mass is 230 g/mol. The van der Waals surface area contributed by atoms with Crippen molar-refractivity contribution in [2.24, 2.45) is 0 Å². The number of Topliss-reactive ketones (excluding diaryl/α,β-unsaturated/α-hetero) is 1. The van der Waals surface area contributed by atoms with E-state index in [4.69, 9.17) is 4.74 Å². The summed E-state index contributed by atoms with van der Waals surface area (Å²) in [5.74, 6) is 0.0918. The Hall–Kier alpha value is -0.940. The second kappa shape index (κ2) is 8.24. The number of amides is 1. The molecule has 5 nitrogen and oxygen atoms in total. The summed E-state index contributed by atoms with van der Waals surface area (Å²) < 4.78 is 4.82. The van der Waals surface area contributed by atoms with E-state index >= 15 is 0 Å². The van der Waals surface area contributed by atoms with Crippen molar-refractivity contribution < 1.29 is 14.3 Å². The third-order valence-corrected chi connectivity index (χ3v) is 2.36. The normalized spacial score (nSPS) is 12.6. The number of hydrogen-bond acceptors (Lipinski definition) is 4. The van der Waals surface area contributed by atoms with E-state index < -0.39 is 0 Å². The van der Waals surface area contributed by atoms with Crippen LogP contribution in [0.1, 0.15) is 20.3 Å². The van der Waals surface area contributed by atoms with Crippen molar-refractivity contribution in [2.45, 2.75) is 26.3 Å². The highest BCUT2D eigenvalue weighted by Gasteiger charge is 2.14. The molecule has 0 saturated carbocycles. The minimum absolute atomic E-state index is 0.0463. The van der Waals surface area contributed by atoms with Gasteiger partial charge >= 0.3 is 0 Å². The van der Waals surface area contributed by atoms with Crippen LogP contribution < -0.4 is 5.32 Å². The van der Waals surface area contributed by atoms with Crippen LogP contribution in [0.15, 0.2) is 0 Å². The average Bonchev–Trinajstić information content (AvgIpc) is 2.16. The largest absolute Gasteiger partial charge is 0.383 e. The summed E-state index contributed by atoms with van der Waals surface area (Å²) in [7, 11) is 3.43. The van der Waals surface area contributed by atoms with Gasteiger partial charge in [0.1, 0.15) is 5.78 Å². The molecule has 5 heteroatoms. The van der Waals surface area contributed by atoms with Gasteiger partial charge in [0.15, 0.2) is 0 Å². The first kappa shape index (κ1) is 15.1. The van der Waals surface area contributed by atoms with Crippen LogP contribution >= 0.6 is 0 Å². The fourth-order valence-corrected chi connectivity index (χ4v) is 1.30. The number of carbonyl (C=O) groups is 2. The molecule has 94 valence electrons. The van der Waals surface area contributed by atoms with Crippen LogP contribution in [-0.4, -0.2) is 56.5 Å². The van der Waals surface area contributed by atoms with Gasteiger partial charge in [0.05, 0.1) is 13.2 Å². The number of rotatable bonds is 8. The minimum Gasteiger partial charge on any atom is -0.383 e. The molecule has 0 aliphatic carbocycles. The highest BCUT2D eigenvalue weighted by atomic mass is 16.5. The first-order chi connectivity index (χ1) is 7.47. The number of hydrogen-bond donors (Lipinski definition) is 1. The molecule has 0 aliphatic heterocycles. The van der Waals surface area contributed by atoms with E-state index in [0.29, 0.717) is 26.1 Å². The van der Waals surface area contributed by atoms with Crippen molar-refractivity contribution in [1.29, 1.82) is 0 Å². The maximum Gasteiger partial charge on any atom is 0.234 e. The lowest BCUT2D eigenvalue weighted by Crippen LogP contribution is -2.40. The van der Waals surface area contributed by atoms with Crippen LogP contribution in [0.4, 0.5) is 0 Å². The van der Waals surface area contributed by atoms with Gasteiger partial charge in [-0.2, -0.15) is 0 Å². The fourth-order valence-electron chi connectivity index (χ4n) is 1.30. The molecule has 0 saturated heterocycles. The number of likely N-dealkylation sites (N-methyl/N-ethyl adjacent to an activating group) is 1. The molecule has 1 atom stereocenters. The molecule has 1 N–H and O–H groups in total. The van der Waals surface area contributed by atoms with Gasteiger partial charge in [-0.1, -0.05) is 0 Å². The Morgan fingerprint density at radius 3 is 2.56 bits per heavy atom. The topological polar surface area (TPSA) is 58.6 Å². The summed E-state index contributed by atoms with van der Waals surface area (Å²) in [5, 5.41) is 2.73. The van der Waals surface area contributed by atoms with Crippen LogP contribution in [0, 0.1) is 0 Å². The molecule has 1 unspecified atom stereocenters. The van der Waals surface area contributed by atoms with E-state index in [-0.39, 0.29) is 17.7 Å². The molecular formula is C11H22N2O3. The number of carbonyl (C=O) groups excluding carboxylic acids is 2. The molecule has 1 amide bonds. The third-order valence-electron chi connectivity index (χ3n) is 2.36. The number of ether oxygens (including phenoxy) is 1. The standard InChI is InChI=1S/C11H22N2O3/c1-9(7-10(2)14)13(3)8-11(15)12-5-6-16-4/h9H,5-8H2,1-4H3,(H,12,15). The summed E-state index contributed by atoms with van der Waals surface area (Å²) >= 11 is 0. The minimum atomic E-state index is -0.0463. The van der Waals surface area contributed by atoms with Crippen LogP contribution in [0.3, 0.4) is 0 Å². The molecule has 0 aromatic heterocycles. The number of ketones is 1. The van der Waals surface area contributed by atoms with Crippen LogP contribution in [0.2, 0.25) is 0 Å². The van der Waals surface area contributed by atoms with Crippen LogP contribution in [0.5, 0.6) is 0 Å². The van der Waals surface area contributed by atoms with Crippen molar-refractivity contribution in [3.05, 3.63) is 0 Å². The highest BCUT2D eigenvalue weighted by Crippen LogP contribution is 2.00. The first-order valence-corrected chi connectivity index (χ1v) is 5.42. The molecular weight excluding hydrogens is 208 g/mol. The van der Waals surface area contributed by atoms with Gasteiger partial charge in [0.2, 0.25) is 5.91 Å². The van der Waals surface area contributed by atoms with Gasteiger partial charge in [0, 0.05) is 26.1 Å². The molecule has 0 aliphatic rings. The zero-order valence-corrected chi connectivity index (χ0v) is 10.6. The van der Waals surface area contributed by atoms with Gasteiger partial charge in [-0.15, -0.1) is 0 Å². The van der Waals surface area contributed by atoms with Gasteiger partial charge in [-0.3, -0.25) is 14.5 Å². The van der Waals surface area contributed by atoms with E-state index in [1.54, 1.807) is 14.0 Å². The molecule has 16 heavy (non-hydrogen) atoms. The third kappa shape index (κ3) is 7.36. The lowest BCUT2D eigenvalue weighted by atomic mass is 10.1. The fraction of sp³-hybridized carbons (Fsp3) is 0.818. The highest BCUT2D eigenvalue weighted by molar-refractivity contribution is 5.78. The molecule has 0 spiro atoms. The van der Waals surface area contributed by atoms with Gasteiger partial charge in [-0.05, 0) is 20.9 Å². The maximum atomic E-state index is 11.4. The van der Waals surface area contributed by atoms with Gasteiger partial charge in [0.25, 0.3) is 0 Å². The maximum absolute atomic E-state index is 11.4. The van der Waals surface area contributed by atoms with E-state index in [0.717, 1.165) is 0 Å². The van der Waals surface area contributed by atoms with Crippen molar-refractivity contribution >= 4 is 11.7 Å². The second-order valence-electron chi connectivity index (χ2n) is 4.01. The number of nitrogens with one attached hydrogen (secondary N) is 1. The van der Waals surface area contributed by atoms with Crippen LogP contribution in [-0.2, 0) is 14.3 Å². The quantitative estimate of drug-likeness (QED) is 0.599. The molecule has 0 heterocycles. The van der Waals surface area contributed by atoms with Crippen molar-refractivity contribution in [1.82, 2.24) is 10.2 Å². The van der Waals surface area contributed by atoms with Crippen molar-refractivity contribution in [3.63, 3.8) is 0 Å². The second-order valence-corrected chi connectivity index (χ2v) is 4.01. The van der Waals surface area contributed by atoms with Gasteiger partial charge < -0.3 is 10.1 Å². The molecule has 0 fully saturated rings. The predicted molar refractivity (Wildman–Crippen MR) is 62.3 cm³/mol. The SMILES string of the molecule is COCCNC(=O)CN(C)C(C)CC(C)=O. The lowest BCUT2D eigenvalue weighted by molar-refractivity contribution is -0.124. The molecule has 0 bridgehead atoms. The number of nitrogens with zero attached hydrogens (tertiary/aromatic N) is 1. The van der Waals surface area contributed by atoms with E-state index in [2.05, 4.69) is 5.32 Å². The zero-order valence-electron chi connectivity index (χ0n) is 10.6. The zero-order chi connectivity index (χ0) is 12.6. The summed E-state index contributed by atoms with van der Waals surface area (Å²) in [6, 6.07) is 0.0886. The van der Waals surface area contributed by atoms with E-state index in [9.17, 15) is 9.59 Å².